The lowest BCUT2D eigenvalue weighted by molar-refractivity contribution is 0.535. The summed E-state index contributed by atoms with van der Waals surface area (Å²) < 4.78 is 1.12. The second-order valence-electron chi connectivity index (χ2n) is 4.64. The summed E-state index contributed by atoms with van der Waals surface area (Å²) in [6.45, 7) is 5.10. The Morgan fingerprint density at radius 3 is 2.53 bits per heavy atom. The van der Waals surface area contributed by atoms with Gasteiger partial charge in [0.15, 0.2) is 0 Å². The van der Waals surface area contributed by atoms with E-state index >= 15 is 0 Å². The number of aromatic nitrogens is 1. The zero-order chi connectivity index (χ0) is 13.7. The van der Waals surface area contributed by atoms with Gasteiger partial charge in [-0.1, -0.05) is 41.1 Å². The predicted octanol–water partition coefficient (Wildman–Crippen LogP) is 4.05. The molecular weight excluding hydrogens is 300 g/mol. The zero-order valence-corrected chi connectivity index (χ0v) is 12.9. The van der Waals surface area contributed by atoms with Crippen LogP contribution in [0.3, 0.4) is 0 Å². The minimum atomic E-state index is 0.270. The van der Waals surface area contributed by atoms with Crippen LogP contribution in [-0.2, 0) is 6.42 Å². The van der Waals surface area contributed by atoms with Gasteiger partial charge in [0.2, 0.25) is 0 Å². The fraction of sp³-hybridized carbons (Fsp3) is 0.312. The van der Waals surface area contributed by atoms with Gasteiger partial charge in [0.25, 0.3) is 0 Å². The third-order valence-electron chi connectivity index (χ3n) is 3.07. The van der Waals surface area contributed by atoms with E-state index in [1.807, 2.05) is 13.0 Å². The number of halogens is 1. The van der Waals surface area contributed by atoms with Crippen LogP contribution in [0.15, 0.2) is 46.9 Å². The van der Waals surface area contributed by atoms with E-state index in [0.717, 1.165) is 28.8 Å². The highest BCUT2D eigenvalue weighted by molar-refractivity contribution is 9.10. The molecule has 0 fully saturated rings. The van der Waals surface area contributed by atoms with Crippen LogP contribution >= 0.6 is 15.9 Å². The first kappa shape index (κ1) is 14.2. The van der Waals surface area contributed by atoms with Crippen molar-refractivity contribution < 1.29 is 0 Å². The Kier molecular flexibility index (Phi) is 5.11. The van der Waals surface area contributed by atoms with E-state index in [9.17, 15) is 0 Å². The third kappa shape index (κ3) is 4.15. The van der Waals surface area contributed by atoms with Gasteiger partial charge in [-0.2, -0.15) is 0 Å². The molecule has 0 amide bonds. The smallest absolute Gasteiger partial charge is 0.0579 e. The highest BCUT2D eigenvalue weighted by Gasteiger charge is 2.12. The van der Waals surface area contributed by atoms with Gasteiger partial charge in [-0.3, -0.25) is 4.98 Å². The average Bonchev–Trinajstić information content (AvgIpc) is 2.41. The summed E-state index contributed by atoms with van der Waals surface area (Å²) in [6, 6.07) is 15.0. The molecule has 0 radical (unpaired) electrons. The Morgan fingerprint density at radius 1 is 1.16 bits per heavy atom. The molecule has 1 aromatic heterocycles. The maximum atomic E-state index is 4.63. The van der Waals surface area contributed by atoms with Gasteiger partial charge in [0, 0.05) is 10.2 Å². The molecule has 1 unspecified atom stereocenters. The van der Waals surface area contributed by atoms with E-state index in [4.69, 9.17) is 0 Å². The molecule has 1 atom stereocenters. The van der Waals surface area contributed by atoms with Gasteiger partial charge >= 0.3 is 0 Å². The van der Waals surface area contributed by atoms with Crippen LogP contribution < -0.4 is 5.32 Å². The van der Waals surface area contributed by atoms with E-state index in [1.165, 1.54) is 5.56 Å². The molecule has 2 nitrogen and oxygen atoms in total. The molecule has 3 heteroatoms. The largest absolute Gasteiger partial charge is 0.309 e. The summed E-state index contributed by atoms with van der Waals surface area (Å²) in [5.41, 5.74) is 3.50. The number of nitrogens with zero attached hydrogens (tertiary/aromatic N) is 1. The fourth-order valence-electron chi connectivity index (χ4n) is 2.14. The molecule has 0 bridgehead atoms. The lowest BCUT2D eigenvalue weighted by Crippen LogP contribution is -2.24. The standard InChI is InChI=1S/C16H19BrN2/c1-3-18-16(15-6-4-5-12(2)19-15)11-13-7-9-14(17)10-8-13/h4-10,16,18H,3,11H2,1-2H3. The van der Waals surface area contributed by atoms with E-state index in [2.05, 4.69) is 69.6 Å². The number of nitrogens with one attached hydrogen (secondary N) is 1. The predicted molar refractivity (Wildman–Crippen MR) is 83.2 cm³/mol. The average molecular weight is 319 g/mol. The quantitative estimate of drug-likeness (QED) is 0.899. The minimum Gasteiger partial charge on any atom is -0.309 e. The molecule has 2 rings (SSSR count). The minimum absolute atomic E-state index is 0.270. The van der Waals surface area contributed by atoms with Crippen LogP contribution in [0.1, 0.15) is 29.9 Å². The van der Waals surface area contributed by atoms with Crippen molar-refractivity contribution in [2.24, 2.45) is 0 Å². The molecule has 1 aromatic carbocycles. The second kappa shape index (κ2) is 6.83. The van der Waals surface area contributed by atoms with Gasteiger partial charge in [-0.15, -0.1) is 0 Å². The monoisotopic (exact) mass is 318 g/mol. The van der Waals surface area contributed by atoms with Crippen molar-refractivity contribution in [2.45, 2.75) is 26.3 Å². The molecule has 0 spiro atoms. The number of benzene rings is 1. The number of pyridine rings is 1. The van der Waals surface area contributed by atoms with E-state index in [-0.39, 0.29) is 6.04 Å². The summed E-state index contributed by atoms with van der Waals surface area (Å²) in [5.74, 6) is 0. The molecule has 0 aliphatic carbocycles. The number of aryl methyl sites for hydroxylation is 1. The van der Waals surface area contributed by atoms with Crippen LogP contribution in [0, 0.1) is 6.92 Å². The first-order chi connectivity index (χ1) is 9.19. The lowest BCUT2D eigenvalue weighted by atomic mass is 10.0. The van der Waals surface area contributed by atoms with Crippen molar-refractivity contribution in [1.29, 1.82) is 0 Å². The van der Waals surface area contributed by atoms with Crippen LogP contribution in [0.5, 0.6) is 0 Å². The van der Waals surface area contributed by atoms with Crippen molar-refractivity contribution >= 4 is 15.9 Å². The highest BCUT2D eigenvalue weighted by Crippen LogP contribution is 2.19. The Bertz CT molecular complexity index is 523. The molecule has 0 aliphatic heterocycles. The van der Waals surface area contributed by atoms with Gasteiger partial charge in [-0.05, 0) is 49.7 Å². The Balaban J connectivity index is 2.18. The van der Waals surface area contributed by atoms with Crippen LogP contribution in [-0.4, -0.2) is 11.5 Å². The van der Waals surface area contributed by atoms with Crippen molar-refractivity contribution in [3.63, 3.8) is 0 Å². The van der Waals surface area contributed by atoms with Crippen molar-refractivity contribution in [1.82, 2.24) is 10.3 Å². The maximum absolute atomic E-state index is 4.63. The molecule has 0 saturated carbocycles. The van der Waals surface area contributed by atoms with Crippen LogP contribution in [0.2, 0.25) is 0 Å². The molecule has 2 aromatic rings. The zero-order valence-electron chi connectivity index (χ0n) is 11.4. The summed E-state index contributed by atoms with van der Waals surface area (Å²) in [5, 5.41) is 3.51. The fourth-order valence-corrected chi connectivity index (χ4v) is 2.41. The second-order valence-corrected chi connectivity index (χ2v) is 5.56. The molecule has 100 valence electrons. The van der Waals surface area contributed by atoms with Gasteiger partial charge < -0.3 is 5.32 Å². The Morgan fingerprint density at radius 2 is 1.89 bits per heavy atom. The van der Waals surface area contributed by atoms with Crippen LogP contribution in [0.4, 0.5) is 0 Å². The molecule has 0 saturated heterocycles. The third-order valence-corrected chi connectivity index (χ3v) is 3.60. The molecule has 19 heavy (non-hydrogen) atoms. The maximum Gasteiger partial charge on any atom is 0.0579 e. The van der Waals surface area contributed by atoms with Gasteiger partial charge in [0.05, 0.1) is 11.7 Å². The van der Waals surface area contributed by atoms with E-state index < -0.39 is 0 Å². The Hall–Kier alpha value is -1.19. The topological polar surface area (TPSA) is 24.9 Å². The van der Waals surface area contributed by atoms with Crippen molar-refractivity contribution in [3.8, 4) is 0 Å². The summed E-state index contributed by atoms with van der Waals surface area (Å²) in [4.78, 5) is 4.63. The number of rotatable bonds is 5. The number of hydrogen-bond acceptors (Lipinski definition) is 2. The normalized spacial score (nSPS) is 12.4. The first-order valence-electron chi connectivity index (χ1n) is 6.60. The lowest BCUT2D eigenvalue weighted by Gasteiger charge is -2.18. The van der Waals surface area contributed by atoms with Gasteiger partial charge in [0.1, 0.15) is 0 Å². The molecular formula is C16H19BrN2. The van der Waals surface area contributed by atoms with Crippen molar-refractivity contribution in [3.05, 3.63) is 63.9 Å². The molecule has 1 N–H and O–H groups in total. The van der Waals surface area contributed by atoms with Crippen LogP contribution in [0.25, 0.3) is 0 Å². The summed E-state index contributed by atoms with van der Waals surface area (Å²) >= 11 is 3.47. The molecule has 1 heterocycles. The first-order valence-corrected chi connectivity index (χ1v) is 7.39. The van der Waals surface area contributed by atoms with E-state index in [0.29, 0.717) is 0 Å². The Labute approximate surface area is 123 Å². The summed E-state index contributed by atoms with van der Waals surface area (Å²) in [7, 11) is 0. The van der Waals surface area contributed by atoms with Gasteiger partial charge in [-0.25, -0.2) is 0 Å². The SMILES string of the molecule is CCNC(Cc1ccc(Br)cc1)c1cccc(C)n1. The van der Waals surface area contributed by atoms with Crippen molar-refractivity contribution in [2.75, 3.05) is 6.54 Å². The molecule has 0 aliphatic rings. The summed E-state index contributed by atoms with van der Waals surface area (Å²) in [6.07, 6.45) is 0.956. The highest BCUT2D eigenvalue weighted by atomic mass is 79.9. The number of likely N-dealkylation sites (N-methyl/N-ethyl adjacent to an activating group) is 1. The number of hydrogen-bond donors (Lipinski definition) is 1. The van der Waals surface area contributed by atoms with E-state index in [1.54, 1.807) is 0 Å².